The fourth-order valence-corrected chi connectivity index (χ4v) is 1.57. The summed E-state index contributed by atoms with van der Waals surface area (Å²) < 4.78 is 34.9. The van der Waals surface area contributed by atoms with Crippen LogP contribution in [0.25, 0.3) is 0 Å². The summed E-state index contributed by atoms with van der Waals surface area (Å²) in [5, 5.41) is 2.15. The molecule has 0 aromatic rings. The average Bonchev–Trinajstić information content (AvgIpc) is 1.95. The molecule has 0 aliphatic heterocycles. The number of hydrogen-bond acceptors (Lipinski definition) is 4. The smallest absolute Gasteiger partial charge is 0.410 e. The Labute approximate surface area is 97.4 Å². The van der Waals surface area contributed by atoms with Gasteiger partial charge in [0.1, 0.15) is 5.60 Å². The molecule has 1 aliphatic rings. The van der Waals surface area contributed by atoms with Crippen LogP contribution in [0.2, 0.25) is 0 Å². The molecule has 0 saturated heterocycles. The van der Waals surface area contributed by atoms with Crippen molar-refractivity contribution >= 4 is 12.6 Å². The van der Waals surface area contributed by atoms with Crippen molar-refractivity contribution in [3.63, 3.8) is 0 Å². The highest BCUT2D eigenvalue weighted by Crippen LogP contribution is 2.46. The van der Waals surface area contributed by atoms with Crippen LogP contribution in [0.3, 0.4) is 0 Å². The predicted molar refractivity (Wildman–Crippen MR) is 53.4 cm³/mol. The van der Waals surface area contributed by atoms with E-state index in [0.717, 1.165) is 0 Å². The Balaban J connectivity index is 2.58. The number of nitrogens with one attached hydrogen (secondary N) is 1. The molecule has 1 amide bonds. The van der Waals surface area contributed by atoms with Crippen molar-refractivity contribution < 1.29 is 27.8 Å². The number of ether oxygens (including phenoxy) is 2. The Hall–Kier alpha value is -1.40. The number of carbonyl (C=O) groups excluding carboxylic acids is 2. The predicted octanol–water partition coefficient (Wildman–Crippen LogP) is 1.81. The Bertz CT molecular complexity index is 317. The molecule has 17 heavy (non-hydrogen) atoms. The lowest BCUT2D eigenvalue weighted by molar-refractivity contribution is -0.226. The van der Waals surface area contributed by atoms with Crippen molar-refractivity contribution in [3.05, 3.63) is 0 Å². The monoisotopic (exact) mass is 251 g/mol. The third-order valence-electron chi connectivity index (χ3n) is 2.09. The number of halogens is 2. The van der Waals surface area contributed by atoms with E-state index in [-0.39, 0.29) is 6.47 Å². The second kappa shape index (κ2) is 4.12. The molecule has 1 N–H and O–H groups in total. The molecule has 1 aliphatic carbocycles. The molecule has 1 fully saturated rings. The van der Waals surface area contributed by atoms with E-state index < -0.39 is 36.2 Å². The molecule has 7 heteroatoms. The van der Waals surface area contributed by atoms with Crippen LogP contribution in [0.4, 0.5) is 13.6 Å². The maximum absolute atomic E-state index is 12.8. The van der Waals surface area contributed by atoms with Crippen molar-refractivity contribution in [2.75, 3.05) is 0 Å². The Kier molecular flexibility index (Phi) is 3.31. The molecule has 0 aromatic heterocycles. The summed E-state index contributed by atoms with van der Waals surface area (Å²) in [5.41, 5.74) is -2.40. The fourth-order valence-electron chi connectivity index (χ4n) is 1.57. The van der Waals surface area contributed by atoms with Crippen LogP contribution in [-0.4, -0.2) is 29.8 Å². The molecular formula is C10H15F2NO4. The maximum atomic E-state index is 12.8. The van der Waals surface area contributed by atoms with Gasteiger partial charge in [0.15, 0.2) is 5.72 Å². The first-order valence-corrected chi connectivity index (χ1v) is 5.08. The molecule has 0 atom stereocenters. The summed E-state index contributed by atoms with van der Waals surface area (Å²) in [6, 6.07) is 0. The van der Waals surface area contributed by atoms with Gasteiger partial charge in [-0.25, -0.2) is 13.6 Å². The van der Waals surface area contributed by atoms with Crippen LogP contribution in [-0.2, 0) is 14.3 Å². The largest absolute Gasteiger partial charge is 0.444 e. The van der Waals surface area contributed by atoms with E-state index in [1.807, 2.05) is 0 Å². The molecule has 0 radical (unpaired) electrons. The summed E-state index contributed by atoms with van der Waals surface area (Å²) in [5.74, 6) is -2.93. The molecule has 0 aromatic carbocycles. The standard InChI is InChI=1S/C10H15F2NO4/c1-8(2,3)17-7(15)13-10(16-6-14)4-9(11,12)5-10/h6H,4-5H2,1-3H3,(H,13,15). The SMILES string of the molecule is CC(C)(C)OC(=O)NC1(OC=O)CC(F)(F)C1. The third-order valence-corrected chi connectivity index (χ3v) is 2.09. The van der Waals surface area contributed by atoms with Crippen LogP contribution in [0.5, 0.6) is 0 Å². The van der Waals surface area contributed by atoms with Gasteiger partial charge in [-0.15, -0.1) is 0 Å². The van der Waals surface area contributed by atoms with E-state index in [0.29, 0.717) is 0 Å². The molecule has 98 valence electrons. The summed E-state index contributed by atoms with van der Waals surface area (Å²) in [6.07, 6.45) is -2.37. The molecule has 0 heterocycles. The summed E-state index contributed by atoms with van der Waals surface area (Å²) in [7, 11) is 0. The zero-order valence-corrected chi connectivity index (χ0v) is 9.88. The molecule has 0 bridgehead atoms. The normalized spacial score (nSPS) is 21.0. The lowest BCUT2D eigenvalue weighted by Crippen LogP contribution is -2.64. The van der Waals surface area contributed by atoms with Crippen LogP contribution < -0.4 is 5.32 Å². The van der Waals surface area contributed by atoms with Crippen LogP contribution >= 0.6 is 0 Å². The van der Waals surface area contributed by atoms with Gasteiger partial charge in [-0.2, -0.15) is 0 Å². The second-order valence-corrected chi connectivity index (χ2v) is 5.04. The maximum Gasteiger partial charge on any atom is 0.410 e. The first-order chi connectivity index (χ1) is 7.58. The van der Waals surface area contributed by atoms with Gasteiger partial charge >= 0.3 is 6.09 Å². The highest BCUT2D eigenvalue weighted by atomic mass is 19.3. The van der Waals surface area contributed by atoms with Gasteiger partial charge in [0.2, 0.25) is 0 Å². The minimum absolute atomic E-state index is 0.0343. The van der Waals surface area contributed by atoms with E-state index in [1.54, 1.807) is 20.8 Å². The molecular weight excluding hydrogens is 236 g/mol. The van der Waals surface area contributed by atoms with Gasteiger partial charge in [-0.1, -0.05) is 0 Å². The Morgan fingerprint density at radius 2 is 1.88 bits per heavy atom. The number of alkyl carbamates (subject to hydrolysis) is 1. The third kappa shape index (κ3) is 3.83. The van der Waals surface area contributed by atoms with Crippen molar-refractivity contribution in [2.24, 2.45) is 0 Å². The average molecular weight is 251 g/mol. The molecule has 0 spiro atoms. The second-order valence-electron chi connectivity index (χ2n) is 5.04. The van der Waals surface area contributed by atoms with Gasteiger partial charge in [0, 0.05) is 0 Å². The topological polar surface area (TPSA) is 64.6 Å². The number of hydrogen-bond donors (Lipinski definition) is 1. The molecule has 0 unspecified atom stereocenters. The van der Waals surface area contributed by atoms with Crippen LogP contribution in [0.15, 0.2) is 0 Å². The van der Waals surface area contributed by atoms with Crippen molar-refractivity contribution in [1.82, 2.24) is 5.32 Å². The van der Waals surface area contributed by atoms with Gasteiger partial charge in [-0.3, -0.25) is 10.1 Å². The van der Waals surface area contributed by atoms with Gasteiger partial charge in [0.05, 0.1) is 12.8 Å². The first-order valence-electron chi connectivity index (χ1n) is 5.08. The highest BCUT2D eigenvalue weighted by molar-refractivity contribution is 5.69. The summed E-state index contributed by atoms with van der Waals surface area (Å²) in [4.78, 5) is 21.6. The van der Waals surface area contributed by atoms with Crippen molar-refractivity contribution in [2.45, 2.75) is 50.9 Å². The fraction of sp³-hybridized carbons (Fsp3) is 0.800. The highest BCUT2D eigenvalue weighted by Gasteiger charge is 2.60. The Morgan fingerprint density at radius 3 is 2.24 bits per heavy atom. The van der Waals surface area contributed by atoms with Gasteiger partial charge in [0.25, 0.3) is 12.4 Å². The summed E-state index contributed by atoms with van der Waals surface area (Å²) in [6.45, 7) is 4.94. The number of amides is 1. The van der Waals surface area contributed by atoms with E-state index in [4.69, 9.17) is 4.74 Å². The minimum atomic E-state index is -2.93. The van der Waals surface area contributed by atoms with Crippen molar-refractivity contribution in [3.8, 4) is 0 Å². The van der Waals surface area contributed by atoms with E-state index >= 15 is 0 Å². The van der Waals surface area contributed by atoms with E-state index in [9.17, 15) is 18.4 Å². The number of rotatable bonds is 3. The first kappa shape index (κ1) is 13.7. The lowest BCUT2D eigenvalue weighted by Gasteiger charge is -2.45. The minimum Gasteiger partial charge on any atom is -0.444 e. The molecule has 1 rings (SSSR count). The molecule has 5 nitrogen and oxygen atoms in total. The lowest BCUT2D eigenvalue weighted by atomic mass is 9.83. The van der Waals surface area contributed by atoms with Gasteiger partial charge < -0.3 is 9.47 Å². The van der Waals surface area contributed by atoms with Crippen LogP contribution in [0, 0.1) is 0 Å². The zero-order valence-electron chi connectivity index (χ0n) is 9.88. The quantitative estimate of drug-likeness (QED) is 0.613. The zero-order chi connectivity index (χ0) is 13.3. The van der Waals surface area contributed by atoms with Gasteiger partial charge in [-0.05, 0) is 20.8 Å². The Morgan fingerprint density at radius 1 is 1.35 bits per heavy atom. The number of carbonyl (C=O) groups is 2. The molecule has 1 saturated carbocycles. The van der Waals surface area contributed by atoms with Crippen LogP contribution in [0.1, 0.15) is 33.6 Å². The number of alkyl halides is 2. The summed E-state index contributed by atoms with van der Waals surface area (Å²) >= 11 is 0. The van der Waals surface area contributed by atoms with E-state index in [2.05, 4.69) is 10.1 Å². The van der Waals surface area contributed by atoms with Crippen molar-refractivity contribution in [1.29, 1.82) is 0 Å². The van der Waals surface area contributed by atoms with E-state index in [1.165, 1.54) is 0 Å².